The van der Waals surface area contributed by atoms with Crippen molar-refractivity contribution in [2.24, 2.45) is 11.8 Å². The van der Waals surface area contributed by atoms with Crippen molar-refractivity contribution in [1.82, 2.24) is 5.32 Å². The van der Waals surface area contributed by atoms with E-state index in [0.29, 0.717) is 0 Å². The molecule has 0 aliphatic heterocycles. The molecule has 1 nitrogen and oxygen atoms in total. The summed E-state index contributed by atoms with van der Waals surface area (Å²) in [5.74, 6) is 7.68. The van der Waals surface area contributed by atoms with E-state index >= 15 is 0 Å². The van der Waals surface area contributed by atoms with E-state index in [1.807, 2.05) is 6.92 Å². The van der Waals surface area contributed by atoms with E-state index in [-0.39, 0.29) is 0 Å². The number of hydrogen-bond acceptors (Lipinski definition) is 1. The van der Waals surface area contributed by atoms with Crippen LogP contribution in [0.3, 0.4) is 0 Å². The zero-order chi connectivity index (χ0) is 9.68. The number of hydrogen-bond donors (Lipinski definition) is 1. The van der Waals surface area contributed by atoms with Crippen molar-refractivity contribution in [1.29, 1.82) is 0 Å². The van der Waals surface area contributed by atoms with Crippen LogP contribution in [0.4, 0.5) is 0 Å². The van der Waals surface area contributed by atoms with Gasteiger partial charge in [0.05, 0.1) is 6.54 Å². The molecule has 1 aliphatic carbocycles. The van der Waals surface area contributed by atoms with Crippen LogP contribution in [0.2, 0.25) is 0 Å². The standard InChI is InChI=1S/C12H21N/c1-4-5-9-13-12-8-6-7-11(12)10(2)3/h10-13H,6-9H2,1-3H3. The minimum absolute atomic E-state index is 0.723. The molecule has 1 saturated carbocycles. The van der Waals surface area contributed by atoms with Crippen LogP contribution in [0.1, 0.15) is 40.0 Å². The largest absolute Gasteiger partial charge is 0.303 e. The number of rotatable bonds is 3. The summed E-state index contributed by atoms with van der Waals surface area (Å²) >= 11 is 0. The Morgan fingerprint density at radius 1 is 1.38 bits per heavy atom. The van der Waals surface area contributed by atoms with E-state index in [4.69, 9.17) is 0 Å². The average molecular weight is 179 g/mol. The van der Waals surface area contributed by atoms with Gasteiger partial charge in [0.2, 0.25) is 0 Å². The lowest BCUT2D eigenvalue weighted by atomic mass is 9.91. The predicted molar refractivity (Wildman–Crippen MR) is 57.4 cm³/mol. The first kappa shape index (κ1) is 10.6. The second-order valence-electron chi connectivity index (χ2n) is 4.25. The van der Waals surface area contributed by atoms with Crippen LogP contribution in [-0.4, -0.2) is 12.6 Å². The van der Waals surface area contributed by atoms with Crippen molar-refractivity contribution in [3.63, 3.8) is 0 Å². The molecule has 0 bridgehead atoms. The molecular formula is C12H21N. The summed E-state index contributed by atoms with van der Waals surface area (Å²) in [5.41, 5.74) is 0. The summed E-state index contributed by atoms with van der Waals surface area (Å²) in [5, 5.41) is 3.54. The third-order valence-corrected chi connectivity index (χ3v) is 3.06. The molecule has 1 fully saturated rings. The molecule has 0 spiro atoms. The highest BCUT2D eigenvalue weighted by Gasteiger charge is 2.28. The zero-order valence-corrected chi connectivity index (χ0v) is 9.06. The summed E-state index contributed by atoms with van der Waals surface area (Å²) in [7, 11) is 0. The van der Waals surface area contributed by atoms with E-state index in [1.54, 1.807) is 0 Å². The Bertz CT molecular complexity index is 197. The first-order chi connectivity index (χ1) is 6.25. The van der Waals surface area contributed by atoms with Crippen molar-refractivity contribution in [2.45, 2.75) is 46.1 Å². The van der Waals surface area contributed by atoms with Crippen LogP contribution in [0.15, 0.2) is 0 Å². The first-order valence-electron chi connectivity index (χ1n) is 5.38. The van der Waals surface area contributed by atoms with Crippen molar-refractivity contribution in [2.75, 3.05) is 6.54 Å². The molecule has 74 valence electrons. The molecule has 1 N–H and O–H groups in total. The molecule has 0 radical (unpaired) electrons. The maximum atomic E-state index is 3.54. The van der Waals surface area contributed by atoms with Crippen molar-refractivity contribution >= 4 is 0 Å². The number of nitrogens with one attached hydrogen (secondary N) is 1. The van der Waals surface area contributed by atoms with E-state index < -0.39 is 0 Å². The van der Waals surface area contributed by atoms with Crippen LogP contribution >= 0.6 is 0 Å². The quantitative estimate of drug-likeness (QED) is 0.656. The maximum Gasteiger partial charge on any atom is 0.0578 e. The second kappa shape index (κ2) is 5.29. The summed E-state index contributed by atoms with van der Waals surface area (Å²) in [6.07, 6.45) is 4.13. The van der Waals surface area contributed by atoms with Gasteiger partial charge in [-0.1, -0.05) is 26.2 Å². The highest BCUT2D eigenvalue weighted by molar-refractivity contribution is 4.98. The van der Waals surface area contributed by atoms with Crippen LogP contribution in [-0.2, 0) is 0 Å². The summed E-state index contributed by atoms with van der Waals surface area (Å²) in [6.45, 7) is 7.42. The van der Waals surface area contributed by atoms with E-state index in [1.165, 1.54) is 19.3 Å². The molecule has 0 heterocycles. The lowest BCUT2D eigenvalue weighted by Gasteiger charge is -2.23. The topological polar surface area (TPSA) is 12.0 Å². The Morgan fingerprint density at radius 3 is 2.77 bits per heavy atom. The average Bonchev–Trinajstić information content (AvgIpc) is 2.53. The van der Waals surface area contributed by atoms with E-state index in [0.717, 1.165) is 24.4 Å². The molecular weight excluding hydrogens is 158 g/mol. The highest BCUT2D eigenvalue weighted by Crippen LogP contribution is 2.31. The molecule has 0 saturated heterocycles. The van der Waals surface area contributed by atoms with Gasteiger partial charge >= 0.3 is 0 Å². The van der Waals surface area contributed by atoms with Gasteiger partial charge in [-0.3, -0.25) is 0 Å². The van der Waals surface area contributed by atoms with Crippen molar-refractivity contribution < 1.29 is 0 Å². The Balaban J connectivity index is 2.33. The lowest BCUT2D eigenvalue weighted by Crippen LogP contribution is -2.34. The molecule has 1 rings (SSSR count). The minimum Gasteiger partial charge on any atom is -0.303 e. The van der Waals surface area contributed by atoms with Crippen molar-refractivity contribution in [3.05, 3.63) is 0 Å². The SMILES string of the molecule is CC#CCNC1CCCC1C(C)C. The maximum absolute atomic E-state index is 3.54. The molecule has 0 aromatic heterocycles. The van der Waals surface area contributed by atoms with Gasteiger partial charge in [0.1, 0.15) is 0 Å². The van der Waals surface area contributed by atoms with E-state index in [2.05, 4.69) is 31.0 Å². The minimum atomic E-state index is 0.723. The van der Waals surface area contributed by atoms with Gasteiger partial charge in [-0.2, -0.15) is 0 Å². The fourth-order valence-corrected chi connectivity index (χ4v) is 2.31. The van der Waals surface area contributed by atoms with Crippen molar-refractivity contribution in [3.8, 4) is 11.8 Å². The van der Waals surface area contributed by atoms with Crippen LogP contribution in [0, 0.1) is 23.7 Å². The van der Waals surface area contributed by atoms with Gasteiger partial charge in [0.25, 0.3) is 0 Å². The molecule has 0 aromatic carbocycles. The molecule has 0 aromatic rings. The molecule has 1 aliphatic rings. The Labute approximate surface area is 82.3 Å². The molecule has 0 amide bonds. The van der Waals surface area contributed by atoms with Gasteiger partial charge < -0.3 is 5.32 Å². The third kappa shape index (κ3) is 3.04. The van der Waals surface area contributed by atoms with Gasteiger partial charge in [0, 0.05) is 6.04 Å². The summed E-state index contributed by atoms with van der Waals surface area (Å²) in [4.78, 5) is 0. The monoisotopic (exact) mass is 179 g/mol. The van der Waals surface area contributed by atoms with Crippen LogP contribution in [0.25, 0.3) is 0 Å². The fraction of sp³-hybridized carbons (Fsp3) is 0.833. The zero-order valence-electron chi connectivity index (χ0n) is 9.06. The van der Waals surface area contributed by atoms with E-state index in [9.17, 15) is 0 Å². The molecule has 13 heavy (non-hydrogen) atoms. The van der Waals surface area contributed by atoms with Crippen LogP contribution < -0.4 is 5.32 Å². The first-order valence-corrected chi connectivity index (χ1v) is 5.38. The van der Waals surface area contributed by atoms with Crippen LogP contribution in [0.5, 0.6) is 0 Å². The normalized spacial score (nSPS) is 27.4. The molecule has 1 heteroatoms. The summed E-state index contributed by atoms with van der Waals surface area (Å²) in [6, 6.07) is 0.723. The molecule has 2 unspecified atom stereocenters. The second-order valence-corrected chi connectivity index (χ2v) is 4.25. The van der Waals surface area contributed by atoms with Gasteiger partial charge in [-0.05, 0) is 31.6 Å². The highest BCUT2D eigenvalue weighted by atomic mass is 14.9. The Morgan fingerprint density at radius 2 is 2.15 bits per heavy atom. The Hall–Kier alpha value is -0.480. The lowest BCUT2D eigenvalue weighted by molar-refractivity contribution is 0.321. The fourth-order valence-electron chi connectivity index (χ4n) is 2.31. The molecule has 2 atom stereocenters. The predicted octanol–water partition coefficient (Wildman–Crippen LogP) is 2.42. The third-order valence-electron chi connectivity index (χ3n) is 3.06. The smallest absolute Gasteiger partial charge is 0.0578 e. The van der Waals surface area contributed by atoms with Gasteiger partial charge in [-0.25, -0.2) is 0 Å². The summed E-state index contributed by atoms with van der Waals surface area (Å²) < 4.78 is 0. The Kier molecular flexibility index (Phi) is 4.32. The van der Waals surface area contributed by atoms with Gasteiger partial charge in [-0.15, -0.1) is 5.92 Å². The van der Waals surface area contributed by atoms with Gasteiger partial charge in [0.15, 0.2) is 0 Å².